The fourth-order valence-electron chi connectivity index (χ4n) is 1.33. The van der Waals surface area contributed by atoms with Crippen molar-refractivity contribution < 1.29 is 18.3 Å². The Labute approximate surface area is 97.8 Å². The Bertz CT molecular complexity index is 399. The first-order chi connectivity index (χ1) is 7.93. The van der Waals surface area contributed by atoms with E-state index >= 15 is 0 Å². The minimum atomic E-state index is -0.872. The third kappa shape index (κ3) is 3.67. The molecule has 0 saturated heterocycles. The number of hydrogen-bond donors (Lipinski definition) is 2. The fourth-order valence-corrected chi connectivity index (χ4v) is 1.33. The first-order valence-corrected chi connectivity index (χ1v) is 5.02. The molecule has 94 valence electrons. The maximum absolute atomic E-state index is 13.3. The van der Waals surface area contributed by atoms with Gasteiger partial charge in [0.25, 0.3) is 0 Å². The van der Waals surface area contributed by atoms with E-state index in [0.717, 1.165) is 19.2 Å². The SMILES string of the molecule is COc1c(F)cc(NC(=O)CC(C)N)cc1F. The topological polar surface area (TPSA) is 64.3 Å². The molecule has 1 amide bonds. The van der Waals surface area contributed by atoms with Crippen LogP contribution >= 0.6 is 0 Å². The van der Waals surface area contributed by atoms with Crippen LogP contribution in [0.1, 0.15) is 13.3 Å². The van der Waals surface area contributed by atoms with Gasteiger partial charge in [-0.25, -0.2) is 8.78 Å². The molecule has 1 aromatic carbocycles. The van der Waals surface area contributed by atoms with Gasteiger partial charge in [0.2, 0.25) is 5.91 Å². The standard InChI is InChI=1S/C11H14F2N2O2/c1-6(14)3-10(16)15-7-4-8(12)11(17-2)9(13)5-7/h4-6H,3,14H2,1-2H3,(H,15,16). The lowest BCUT2D eigenvalue weighted by molar-refractivity contribution is -0.116. The molecule has 0 fully saturated rings. The summed E-state index contributed by atoms with van der Waals surface area (Å²) in [6.07, 6.45) is 0.0786. The summed E-state index contributed by atoms with van der Waals surface area (Å²) in [6.45, 7) is 1.66. The third-order valence-electron chi connectivity index (χ3n) is 1.99. The summed E-state index contributed by atoms with van der Waals surface area (Å²) in [7, 11) is 1.16. The zero-order valence-electron chi connectivity index (χ0n) is 9.59. The molecule has 1 atom stereocenters. The molecule has 0 bridgehead atoms. The van der Waals surface area contributed by atoms with Crippen LogP contribution < -0.4 is 15.8 Å². The lowest BCUT2D eigenvalue weighted by Gasteiger charge is -2.09. The highest BCUT2D eigenvalue weighted by atomic mass is 19.1. The Morgan fingerprint density at radius 1 is 1.47 bits per heavy atom. The molecular weight excluding hydrogens is 230 g/mol. The van der Waals surface area contributed by atoms with E-state index in [2.05, 4.69) is 10.1 Å². The molecule has 3 N–H and O–H groups in total. The summed E-state index contributed by atoms with van der Waals surface area (Å²) in [4.78, 5) is 11.3. The lowest BCUT2D eigenvalue weighted by Crippen LogP contribution is -2.24. The average molecular weight is 244 g/mol. The van der Waals surface area contributed by atoms with Gasteiger partial charge < -0.3 is 15.8 Å². The zero-order valence-corrected chi connectivity index (χ0v) is 9.59. The van der Waals surface area contributed by atoms with Crippen LogP contribution in [0.25, 0.3) is 0 Å². The molecule has 0 aliphatic heterocycles. The molecule has 0 aromatic heterocycles. The number of anilines is 1. The predicted molar refractivity (Wildman–Crippen MR) is 59.8 cm³/mol. The first kappa shape index (κ1) is 13.4. The summed E-state index contributed by atoms with van der Waals surface area (Å²) in [5.41, 5.74) is 5.46. The predicted octanol–water partition coefficient (Wildman–Crippen LogP) is 1.65. The van der Waals surface area contributed by atoms with Crippen molar-refractivity contribution in [3.8, 4) is 5.75 Å². The van der Waals surface area contributed by atoms with Gasteiger partial charge in [-0.3, -0.25) is 4.79 Å². The van der Waals surface area contributed by atoms with Gasteiger partial charge in [0, 0.05) is 30.3 Å². The highest BCUT2D eigenvalue weighted by molar-refractivity contribution is 5.91. The highest BCUT2D eigenvalue weighted by Crippen LogP contribution is 2.25. The largest absolute Gasteiger partial charge is 0.491 e. The molecule has 4 nitrogen and oxygen atoms in total. The molecule has 0 aliphatic carbocycles. The summed E-state index contributed by atoms with van der Waals surface area (Å²) in [5.74, 6) is -2.62. The quantitative estimate of drug-likeness (QED) is 0.846. The number of rotatable bonds is 4. The summed E-state index contributed by atoms with van der Waals surface area (Å²) in [6, 6.07) is 1.66. The van der Waals surface area contributed by atoms with Gasteiger partial charge in [0.05, 0.1) is 7.11 Å². The van der Waals surface area contributed by atoms with Crippen LogP contribution in [-0.2, 0) is 4.79 Å². The number of ether oxygens (including phenoxy) is 1. The van der Waals surface area contributed by atoms with Crippen molar-refractivity contribution in [3.05, 3.63) is 23.8 Å². The maximum Gasteiger partial charge on any atom is 0.225 e. The number of carbonyl (C=O) groups excluding carboxylic acids is 1. The monoisotopic (exact) mass is 244 g/mol. The number of benzene rings is 1. The Kier molecular flexibility index (Phi) is 4.39. The maximum atomic E-state index is 13.3. The van der Waals surface area contributed by atoms with Crippen LogP contribution in [0, 0.1) is 11.6 Å². The van der Waals surface area contributed by atoms with Crippen molar-refractivity contribution in [2.45, 2.75) is 19.4 Å². The highest BCUT2D eigenvalue weighted by Gasteiger charge is 2.13. The number of halogens is 2. The minimum Gasteiger partial charge on any atom is -0.491 e. The van der Waals surface area contributed by atoms with Crippen molar-refractivity contribution in [2.24, 2.45) is 5.73 Å². The van der Waals surface area contributed by atoms with Gasteiger partial charge in [-0.05, 0) is 6.92 Å². The number of nitrogens with one attached hydrogen (secondary N) is 1. The minimum absolute atomic E-state index is 0.0338. The lowest BCUT2D eigenvalue weighted by atomic mass is 10.2. The van der Waals surface area contributed by atoms with Gasteiger partial charge in [0.1, 0.15) is 0 Å². The molecule has 0 heterocycles. The van der Waals surface area contributed by atoms with Gasteiger partial charge in [-0.1, -0.05) is 0 Å². The van der Waals surface area contributed by atoms with Crippen LogP contribution in [0.2, 0.25) is 0 Å². The van der Waals surface area contributed by atoms with E-state index < -0.39 is 23.3 Å². The second kappa shape index (κ2) is 5.58. The molecule has 0 radical (unpaired) electrons. The normalized spacial score (nSPS) is 12.1. The number of amides is 1. The van der Waals surface area contributed by atoms with E-state index in [9.17, 15) is 13.6 Å². The van der Waals surface area contributed by atoms with Crippen molar-refractivity contribution in [1.82, 2.24) is 0 Å². The summed E-state index contributed by atoms with van der Waals surface area (Å²) < 4.78 is 31.1. The molecule has 0 spiro atoms. The van der Waals surface area contributed by atoms with E-state index in [1.54, 1.807) is 6.92 Å². The van der Waals surface area contributed by atoms with Crippen LogP contribution in [0.4, 0.5) is 14.5 Å². The Morgan fingerprint density at radius 2 is 2.00 bits per heavy atom. The van der Waals surface area contributed by atoms with Crippen molar-refractivity contribution >= 4 is 11.6 Å². The van der Waals surface area contributed by atoms with E-state index in [4.69, 9.17) is 5.73 Å². The summed E-state index contributed by atoms with van der Waals surface area (Å²) >= 11 is 0. The number of carbonyl (C=O) groups is 1. The van der Waals surface area contributed by atoms with Gasteiger partial charge in [-0.2, -0.15) is 0 Å². The second-order valence-electron chi connectivity index (χ2n) is 3.70. The van der Waals surface area contributed by atoms with Crippen LogP contribution in [0.5, 0.6) is 5.75 Å². The smallest absolute Gasteiger partial charge is 0.225 e. The number of nitrogens with two attached hydrogens (primary N) is 1. The fraction of sp³-hybridized carbons (Fsp3) is 0.364. The molecule has 6 heteroatoms. The molecule has 17 heavy (non-hydrogen) atoms. The van der Waals surface area contributed by atoms with Crippen molar-refractivity contribution in [1.29, 1.82) is 0 Å². The van der Waals surface area contributed by atoms with Crippen LogP contribution in [-0.4, -0.2) is 19.1 Å². The van der Waals surface area contributed by atoms with Crippen LogP contribution in [0.15, 0.2) is 12.1 Å². The Balaban J connectivity index is 2.83. The second-order valence-corrected chi connectivity index (χ2v) is 3.70. The van der Waals surface area contributed by atoms with Gasteiger partial charge in [-0.15, -0.1) is 0 Å². The van der Waals surface area contributed by atoms with E-state index in [-0.39, 0.29) is 18.2 Å². The number of hydrogen-bond acceptors (Lipinski definition) is 3. The van der Waals surface area contributed by atoms with Crippen LogP contribution in [0.3, 0.4) is 0 Å². The van der Waals surface area contributed by atoms with E-state index in [0.29, 0.717) is 0 Å². The molecule has 0 aliphatic rings. The molecule has 1 rings (SSSR count). The van der Waals surface area contributed by atoms with E-state index in [1.807, 2.05) is 0 Å². The molecular formula is C11H14F2N2O2. The van der Waals surface area contributed by atoms with Gasteiger partial charge in [0.15, 0.2) is 17.4 Å². The summed E-state index contributed by atoms with van der Waals surface area (Å²) in [5, 5.41) is 2.35. The van der Waals surface area contributed by atoms with Gasteiger partial charge >= 0.3 is 0 Å². The zero-order chi connectivity index (χ0) is 13.0. The first-order valence-electron chi connectivity index (χ1n) is 5.02. The molecule has 1 unspecified atom stereocenters. The van der Waals surface area contributed by atoms with E-state index in [1.165, 1.54) is 0 Å². The average Bonchev–Trinajstić information content (AvgIpc) is 2.15. The molecule has 0 saturated carbocycles. The molecule has 1 aromatic rings. The Morgan fingerprint density at radius 3 is 2.41 bits per heavy atom. The third-order valence-corrected chi connectivity index (χ3v) is 1.99. The number of methoxy groups -OCH3 is 1. The van der Waals surface area contributed by atoms with Crippen molar-refractivity contribution in [2.75, 3.05) is 12.4 Å². The Hall–Kier alpha value is -1.69. The van der Waals surface area contributed by atoms with Crippen molar-refractivity contribution in [3.63, 3.8) is 0 Å².